The van der Waals surface area contributed by atoms with Gasteiger partial charge in [0.15, 0.2) is 5.82 Å². The number of benzene rings is 2. The van der Waals surface area contributed by atoms with Crippen LogP contribution in [0.15, 0.2) is 30.9 Å². The van der Waals surface area contributed by atoms with Crippen molar-refractivity contribution in [2.75, 3.05) is 50.5 Å². The first-order chi connectivity index (χ1) is 24.2. The number of nitrogens with zero attached hydrogens (tertiary/aromatic N) is 6. The molecule has 2 N–H and O–H groups in total. The highest BCUT2D eigenvalue weighted by Crippen LogP contribution is 2.48. The van der Waals surface area contributed by atoms with Gasteiger partial charge in [0.05, 0.1) is 34.0 Å². The van der Waals surface area contributed by atoms with Gasteiger partial charge in [0, 0.05) is 42.9 Å². The zero-order chi connectivity index (χ0) is 36.6. The first-order valence-electron chi connectivity index (χ1n) is 16.0. The van der Waals surface area contributed by atoms with Gasteiger partial charge in [0.2, 0.25) is 5.91 Å². The van der Waals surface area contributed by atoms with Crippen LogP contribution in [0.4, 0.5) is 41.6 Å². The molecular weight excluding hydrogens is 703 g/mol. The van der Waals surface area contributed by atoms with Gasteiger partial charge in [-0.25, -0.2) is 17.6 Å². The number of hydrogen-bond donors (Lipinski definition) is 1. The number of thiophene rings is 1. The molecule has 7 rings (SSSR count). The number of carbonyl (C=O) groups is 1. The van der Waals surface area contributed by atoms with Crippen molar-refractivity contribution in [3.05, 3.63) is 53.6 Å². The van der Waals surface area contributed by atoms with Gasteiger partial charge in [-0.3, -0.25) is 9.69 Å². The van der Waals surface area contributed by atoms with Crippen molar-refractivity contribution in [1.82, 2.24) is 19.8 Å². The van der Waals surface area contributed by atoms with Crippen molar-refractivity contribution in [2.45, 2.75) is 49.4 Å². The number of amides is 1. The molecule has 0 saturated carbocycles. The molecule has 0 spiro atoms. The molecule has 268 valence electrons. The number of nitrogen functional groups attached to an aromatic ring is 1. The van der Waals surface area contributed by atoms with Crippen molar-refractivity contribution < 1.29 is 40.3 Å². The third-order valence-corrected chi connectivity index (χ3v) is 11.2. The van der Waals surface area contributed by atoms with Crippen LogP contribution in [0, 0.1) is 23.0 Å². The lowest BCUT2D eigenvalue weighted by Gasteiger charge is -2.31. The fourth-order valence-electron chi connectivity index (χ4n) is 7.75. The van der Waals surface area contributed by atoms with E-state index < -0.39 is 81.2 Å². The molecule has 0 radical (unpaired) electrons. The molecule has 3 saturated heterocycles. The Morgan fingerprint density at radius 2 is 2.02 bits per heavy atom. The Hall–Kier alpha value is -4.69. The van der Waals surface area contributed by atoms with E-state index in [0.717, 1.165) is 24.6 Å². The molecule has 0 aliphatic carbocycles. The number of halogens is 7. The van der Waals surface area contributed by atoms with Crippen molar-refractivity contribution in [1.29, 1.82) is 5.26 Å². The number of ether oxygens (including phenoxy) is 1. The molecule has 4 aromatic rings. The van der Waals surface area contributed by atoms with E-state index in [1.165, 1.54) is 16.8 Å². The lowest BCUT2D eigenvalue weighted by molar-refractivity contribution is -0.137. The highest BCUT2D eigenvalue weighted by molar-refractivity contribution is 7.23. The van der Waals surface area contributed by atoms with Crippen LogP contribution < -0.4 is 15.4 Å². The Morgan fingerprint density at radius 1 is 1.25 bits per heavy atom. The molecule has 0 unspecified atom stereocenters. The Bertz CT molecular complexity index is 2140. The number of rotatable bonds is 7. The number of nitrogens with two attached hydrogens (primary N) is 1. The van der Waals surface area contributed by atoms with Crippen LogP contribution in [0.25, 0.3) is 32.1 Å². The summed E-state index contributed by atoms with van der Waals surface area (Å²) in [5, 5.41) is 8.89. The smallest absolute Gasteiger partial charge is 0.417 e. The molecule has 2 aromatic carbocycles. The molecule has 5 heterocycles. The molecule has 1 amide bonds. The number of anilines is 2. The molecule has 0 bridgehead atoms. The van der Waals surface area contributed by atoms with Crippen LogP contribution in [-0.4, -0.2) is 89.4 Å². The Balaban J connectivity index is 1.45. The number of likely N-dealkylation sites (N-methyl/N-ethyl adjacent to an activating group) is 1. The second kappa shape index (κ2) is 12.5. The molecule has 17 heteroatoms. The Kier molecular flexibility index (Phi) is 8.53. The summed E-state index contributed by atoms with van der Waals surface area (Å²) in [6.07, 6.45) is -5.41. The van der Waals surface area contributed by atoms with E-state index in [-0.39, 0.29) is 59.1 Å². The normalized spacial score (nSPS) is 23.6. The fraction of sp³-hybridized carbons (Fsp3) is 0.412. The van der Waals surface area contributed by atoms with E-state index in [4.69, 9.17) is 10.5 Å². The first-order valence-corrected chi connectivity index (χ1v) is 16.8. The van der Waals surface area contributed by atoms with Crippen LogP contribution in [-0.2, 0) is 11.0 Å². The summed E-state index contributed by atoms with van der Waals surface area (Å²) in [4.78, 5) is 25.2. The van der Waals surface area contributed by atoms with Crippen LogP contribution in [0.5, 0.6) is 6.01 Å². The SMILES string of the molecule is C=CC(=O)N1C[C@H](F)[C@@H](N(C)c2nc(OC[C@@]34CCCN3C[C@H](F)C4)nc3c(F)c(-c4ccc(F)c5sc(N)c(C#N)c45)c(C(F)(F)F)cc23)C1. The number of aromatic nitrogens is 2. The Labute approximate surface area is 290 Å². The van der Waals surface area contributed by atoms with Crippen molar-refractivity contribution in [2.24, 2.45) is 0 Å². The topological polar surface area (TPSA) is 112 Å². The average molecular weight is 734 g/mol. The minimum atomic E-state index is -5.20. The van der Waals surface area contributed by atoms with Crippen molar-refractivity contribution in [3.8, 4) is 23.2 Å². The van der Waals surface area contributed by atoms with E-state index in [0.29, 0.717) is 30.4 Å². The summed E-state index contributed by atoms with van der Waals surface area (Å²) in [7, 11) is 1.35. The van der Waals surface area contributed by atoms with Crippen LogP contribution in [0.1, 0.15) is 30.4 Å². The quantitative estimate of drug-likeness (QED) is 0.172. The van der Waals surface area contributed by atoms with Gasteiger partial charge in [0.25, 0.3) is 0 Å². The van der Waals surface area contributed by atoms with E-state index in [2.05, 4.69) is 16.5 Å². The first kappa shape index (κ1) is 34.7. The lowest BCUT2D eigenvalue weighted by atomic mass is 9.92. The van der Waals surface area contributed by atoms with Gasteiger partial charge in [-0.1, -0.05) is 12.6 Å². The van der Waals surface area contributed by atoms with Crippen LogP contribution in [0.2, 0.25) is 0 Å². The van der Waals surface area contributed by atoms with Crippen LogP contribution in [0.3, 0.4) is 0 Å². The monoisotopic (exact) mass is 733 g/mol. The predicted octanol–water partition coefficient (Wildman–Crippen LogP) is 6.39. The number of hydrogen-bond acceptors (Lipinski definition) is 9. The maximum absolute atomic E-state index is 17.0. The summed E-state index contributed by atoms with van der Waals surface area (Å²) < 4.78 is 113. The van der Waals surface area contributed by atoms with Crippen molar-refractivity contribution >= 4 is 49.1 Å². The lowest BCUT2D eigenvalue weighted by Crippen LogP contribution is -2.43. The number of fused-ring (bicyclic) bond motifs is 3. The van der Waals surface area contributed by atoms with E-state index in [1.54, 1.807) is 6.07 Å². The molecule has 51 heavy (non-hydrogen) atoms. The summed E-state index contributed by atoms with van der Waals surface area (Å²) in [6.45, 7) is 3.65. The molecule has 3 aliphatic heterocycles. The summed E-state index contributed by atoms with van der Waals surface area (Å²) in [5.74, 6) is -3.23. The summed E-state index contributed by atoms with van der Waals surface area (Å²) in [5.41, 5.74) is 1.33. The van der Waals surface area contributed by atoms with Gasteiger partial charge >= 0.3 is 12.2 Å². The second-order valence-corrected chi connectivity index (χ2v) is 14.1. The highest BCUT2D eigenvalue weighted by atomic mass is 32.1. The molecular formula is C34H30F7N7O2S. The van der Waals surface area contributed by atoms with E-state index in [9.17, 15) is 32.0 Å². The van der Waals surface area contributed by atoms with Crippen molar-refractivity contribution in [3.63, 3.8) is 0 Å². The van der Waals surface area contributed by atoms with Gasteiger partial charge < -0.3 is 20.3 Å². The zero-order valence-corrected chi connectivity index (χ0v) is 27.9. The molecule has 9 nitrogen and oxygen atoms in total. The van der Waals surface area contributed by atoms with Gasteiger partial charge in [-0.15, -0.1) is 11.3 Å². The Morgan fingerprint density at radius 3 is 2.73 bits per heavy atom. The molecule has 2 aromatic heterocycles. The van der Waals surface area contributed by atoms with E-state index in [1.807, 2.05) is 4.90 Å². The maximum Gasteiger partial charge on any atom is 0.417 e. The van der Waals surface area contributed by atoms with Crippen LogP contribution >= 0.6 is 11.3 Å². The predicted molar refractivity (Wildman–Crippen MR) is 177 cm³/mol. The standard InChI is InChI=1S/C34H30F7N7O2S/c1-3-24(49)47-13-22(37)23(14-47)46(2)31-18-9-20(34(39,40)41)26(17-5-6-21(36)29-25(17)19(11-42)30(43)51-29)27(38)28(18)44-32(45-31)50-15-33-7-4-8-48(33)12-16(35)10-33/h3,5-6,9,16,22-23H,1,4,7-8,10,12-15,43H2,2H3/t16-,22+,23+,33+/m1/s1. The maximum atomic E-state index is 17.0. The molecule has 4 atom stereocenters. The number of nitriles is 1. The van der Waals surface area contributed by atoms with Gasteiger partial charge in [0.1, 0.15) is 47.2 Å². The number of likely N-dealkylation sites (tertiary alicyclic amines) is 1. The largest absolute Gasteiger partial charge is 0.461 e. The zero-order valence-electron chi connectivity index (χ0n) is 27.0. The number of carbonyl (C=O) groups excluding carboxylic acids is 1. The second-order valence-electron chi connectivity index (χ2n) is 13.1. The highest BCUT2D eigenvalue weighted by Gasteiger charge is 2.49. The third kappa shape index (κ3) is 5.68. The third-order valence-electron chi connectivity index (χ3n) is 10.2. The fourth-order valence-corrected chi connectivity index (χ4v) is 8.70. The minimum absolute atomic E-state index is 0.105. The molecule has 3 aliphatic rings. The van der Waals surface area contributed by atoms with E-state index >= 15 is 8.78 Å². The minimum Gasteiger partial charge on any atom is -0.461 e. The summed E-state index contributed by atoms with van der Waals surface area (Å²) >= 11 is 0.638. The molecule has 3 fully saturated rings. The number of alkyl halides is 5. The van der Waals surface area contributed by atoms with Gasteiger partial charge in [-0.05, 0) is 43.2 Å². The summed E-state index contributed by atoms with van der Waals surface area (Å²) in [6, 6.07) is 2.63. The van der Waals surface area contributed by atoms with Gasteiger partial charge in [-0.2, -0.15) is 28.4 Å². The average Bonchev–Trinajstić information content (AvgIpc) is 3.83.